The van der Waals surface area contributed by atoms with E-state index in [1.54, 1.807) is 33.7 Å². The van der Waals surface area contributed by atoms with Gasteiger partial charge < -0.3 is 14.2 Å². The molecule has 0 bridgehead atoms. The van der Waals surface area contributed by atoms with Gasteiger partial charge in [0, 0.05) is 37.0 Å². The maximum absolute atomic E-state index is 5.71. The van der Waals surface area contributed by atoms with Crippen molar-refractivity contribution in [2.24, 2.45) is 0 Å². The zero-order valence-corrected chi connectivity index (χ0v) is 18.0. The Morgan fingerprint density at radius 1 is 0.710 bits per heavy atom. The number of hydrogen-bond acceptors (Lipinski definition) is 4. The van der Waals surface area contributed by atoms with E-state index in [4.69, 9.17) is 14.2 Å². The van der Waals surface area contributed by atoms with Crippen molar-refractivity contribution < 1.29 is 18.6 Å². The third kappa shape index (κ3) is 3.01. The maximum atomic E-state index is 5.71. The fourth-order valence-corrected chi connectivity index (χ4v) is 4.29. The van der Waals surface area contributed by atoms with Crippen molar-refractivity contribution in [1.29, 1.82) is 0 Å². The number of ether oxygens (including phenoxy) is 3. The largest absolute Gasteiger partial charge is 0.496 e. The molecule has 5 aromatic rings. The first kappa shape index (κ1) is 19.1. The molecular formula is C26H23N2O3+. The summed E-state index contributed by atoms with van der Waals surface area (Å²) in [5.74, 6) is 2.29. The van der Waals surface area contributed by atoms with Gasteiger partial charge in [-0.3, -0.25) is 4.98 Å². The monoisotopic (exact) mass is 411 g/mol. The van der Waals surface area contributed by atoms with E-state index < -0.39 is 0 Å². The van der Waals surface area contributed by atoms with Crippen LogP contribution in [0.15, 0.2) is 67.1 Å². The van der Waals surface area contributed by atoms with E-state index in [1.165, 1.54) is 0 Å². The Bertz CT molecular complexity index is 1450. The quantitative estimate of drug-likeness (QED) is 0.234. The van der Waals surface area contributed by atoms with Crippen LogP contribution >= 0.6 is 0 Å². The Balaban J connectivity index is 1.88. The van der Waals surface area contributed by atoms with Crippen LogP contribution in [0.2, 0.25) is 0 Å². The number of pyridine rings is 3. The van der Waals surface area contributed by atoms with Crippen LogP contribution in [0.5, 0.6) is 17.2 Å². The van der Waals surface area contributed by atoms with Crippen LogP contribution in [0.25, 0.3) is 38.2 Å². The van der Waals surface area contributed by atoms with Crippen LogP contribution in [0, 0.1) is 6.92 Å². The summed E-state index contributed by atoms with van der Waals surface area (Å²) in [4.78, 5) is 4.15. The Morgan fingerprint density at radius 3 is 2.10 bits per heavy atom. The minimum absolute atomic E-state index is 0.720. The highest BCUT2D eigenvalue weighted by Crippen LogP contribution is 2.37. The van der Waals surface area contributed by atoms with Crippen molar-refractivity contribution in [2.75, 3.05) is 21.3 Å². The number of methoxy groups -OCH3 is 3. The van der Waals surface area contributed by atoms with Crippen molar-refractivity contribution in [3.8, 4) is 28.4 Å². The molecule has 5 nitrogen and oxygen atoms in total. The van der Waals surface area contributed by atoms with Gasteiger partial charge in [-0.2, -0.15) is 4.40 Å². The predicted octanol–water partition coefficient (Wildman–Crippen LogP) is 5.13. The van der Waals surface area contributed by atoms with E-state index in [2.05, 4.69) is 46.8 Å². The number of fused-ring (bicyclic) bond motifs is 4. The molecule has 0 radical (unpaired) electrons. The molecule has 0 spiro atoms. The standard InChI is InChI=1S/C26H23N2O3/c1-16-20-15-26(31-4)25(30-3)13-19(20)11-23-21-14-22(17-5-8-27-9-6-17)24(29-2)12-18(21)7-10-28(16)23/h5-15H,1-4H3/q+1. The lowest BCUT2D eigenvalue weighted by Crippen LogP contribution is -2.25. The summed E-state index contributed by atoms with van der Waals surface area (Å²) < 4.78 is 19.0. The van der Waals surface area contributed by atoms with E-state index >= 15 is 0 Å². The van der Waals surface area contributed by atoms with Crippen molar-refractivity contribution in [1.82, 2.24) is 4.98 Å². The van der Waals surface area contributed by atoms with Crippen LogP contribution in [-0.2, 0) is 0 Å². The topological polar surface area (TPSA) is 44.7 Å². The zero-order chi connectivity index (χ0) is 21.5. The van der Waals surface area contributed by atoms with Gasteiger partial charge in [-0.05, 0) is 52.7 Å². The van der Waals surface area contributed by atoms with Crippen molar-refractivity contribution >= 4 is 27.1 Å². The average Bonchev–Trinajstić information content (AvgIpc) is 2.83. The molecule has 5 rings (SSSR count). The van der Waals surface area contributed by atoms with Crippen LogP contribution in [-0.4, -0.2) is 26.3 Å². The highest BCUT2D eigenvalue weighted by Gasteiger charge is 2.19. The molecule has 0 amide bonds. The molecular weight excluding hydrogens is 388 g/mol. The average molecular weight is 411 g/mol. The number of rotatable bonds is 4. The molecule has 0 N–H and O–H groups in total. The fourth-order valence-electron chi connectivity index (χ4n) is 4.29. The lowest BCUT2D eigenvalue weighted by Gasteiger charge is -2.12. The summed E-state index contributed by atoms with van der Waals surface area (Å²) in [6, 6.07) is 16.7. The number of nitrogens with zero attached hydrogens (tertiary/aromatic N) is 2. The van der Waals surface area contributed by atoms with Crippen molar-refractivity contribution in [3.05, 3.63) is 72.8 Å². The van der Waals surface area contributed by atoms with Gasteiger partial charge in [0.2, 0.25) is 5.52 Å². The lowest BCUT2D eigenvalue weighted by molar-refractivity contribution is -0.516. The Kier molecular flexibility index (Phi) is 4.59. The smallest absolute Gasteiger partial charge is 0.219 e. The summed E-state index contributed by atoms with van der Waals surface area (Å²) in [6.07, 6.45) is 5.71. The minimum atomic E-state index is 0.720. The second-order valence-corrected chi connectivity index (χ2v) is 7.47. The van der Waals surface area contributed by atoms with E-state index in [0.29, 0.717) is 0 Å². The van der Waals surface area contributed by atoms with Crippen molar-refractivity contribution in [3.63, 3.8) is 0 Å². The van der Waals surface area contributed by atoms with Gasteiger partial charge in [0.1, 0.15) is 5.75 Å². The van der Waals surface area contributed by atoms with E-state index in [9.17, 15) is 0 Å². The summed E-state index contributed by atoms with van der Waals surface area (Å²) in [5, 5.41) is 4.49. The van der Waals surface area contributed by atoms with Gasteiger partial charge in [-0.1, -0.05) is 0 Å². The molecule has 31 heavy (non-hydrogen) atoms. The fraction of sp³-hybridized carbons (Fsp3) is 0.154. The first-order valence-electron chi connectivity index (χ1n) is 10.1. The Morgan fingerprint density at radius 2 is 1.39 bits per heavy atom. The second kappa shape index (κ2) is 7.43. The van der Waals surface area contributed by atoms with Crippen LogP contribution in [0.4, 0.5) is 0 Å². The number of aromatic nitrogens is 2. The van der Waals surface area contributed by atoms with Gasteiger partial charge in [0.25, 0.3) is 0 Å². The molecule has 154 valence electrons. The molecule has 0 atom stereocenters. The normalized spacial score (nSPS) is 11.2. The molecule has 3 heterocycles. The predicted molar refractivity (Wildman–Crippen MR) is 122 cm³/mol. The first-order valence-corrected chi connectivity index (χ1v) is 10.1. The molecule has 3 aromatic heterocycles. The molecule has 0 fully saturated rings. The SMILES string of the molecule is COc1cc2cc3c4cc(-c5ccncc5)c(OC)cc4cc[n+]3c(C)c2cc1OC. The third-order valence-corrected chi connectivity index (χ3v) is 5.90. The summed E-state index contributed by atoms with van der Waals surface area (Å²) in [6.45, 7) is 2.13. The number of benzene rings is 2. The van der Waals surface area contributed by atoms with Gasteiger partial charge in [0.05, 0.1) is 32.1 Å². The summed E-state index contributed by atoms with van der Waals surface area (Å²) >= 11 is 0. The van der Waals surface area contributed by atoms with E-state index in [1.807, 2.05) is 24.3 Å². The van der Waals surface area contributed by atoms with Crippen LogP contribution < -0.4 is 18.6 Å². The van der Waals surface area contributed by atoms with Crippen LogP contribution in [0.1, 0.15) is 5.69 Å². The second-order valence-electron chi connectivity index (χ2n) is 7.47. The van der Waals surface area contributed by atoms with E-state index in [0.717, 1.165) is 61.1 Å². The number of aryl methyl sites for hydroxylation is 1. The lowest BCUT2D eigenvalue weighted by atomic mass is 9.99. The molecule has 5 heteroatoms. The highest BCUT2D eigenvalue weighted by molar-refractivity contribution is 6.01. The molecule has 2 aromatic carbocycles. The third-order valence-electron chi connectivity index (χ3n) is 5.90. The maximum Gasteiger partial charge on any atom is 0.219 e. The van der Waals surface area contributed by atoms with Gasteiger partial charge in [0.15, 0.2) is 23.4 Å². The summed E-state index contributed by atoms with van der Waals surface area (Å²) in [5.41, 5.74) is 4.36. The van der Waals surface area contributed by atoms with E-state index in [-0.39, 0.29) is 0 Å². The van der Waals surface area contributed by atoms with Crippen LogP contribution in [0.3, 0.4) is 0 Å². The molecule has 0 unspecified atom stereocenters. The number of hydrogen-bond donors (Lipinski definition) is 0. The summed E-state index contributed by atoms with van der Waals surface area (Å²) in [7, 11) is 5.03. The Labute approximate surface area is 180 Å². The molecule has 0 saturated carbocycles. The molecule has 0 aliphatic rings. The first-order chi connectivity index (χ1) is 15.1. The molecule has 0 saturated heterocycles. The van der Waals surface area contributed by atoms with Crippen molar-refractivity contribution in [2.45, 2.75) is 6.92 Å². The molecule has 0 aliphatic heterocycles. The van der Waals surface area contributed by atoms with Gasteiger partial charge in [-0.15, -0.1) is 0 Å². The Hall–Kier alpha value is -3.86. The zero-order valence-electron chi connectivity index (χ0n) is 18.0. The van der Waals surface area contributed by atoms with Gasteiger partial charge in [-0.25, -0.2) is 0 Å². The minimum Gasteiger partial charge on any atom is -0.496 e. The van der Waals surface area contributed by atoms with Gasteiger partial charge >= 0.3 is 0 Å². The highest BCUT2D eigenvalue weighted by atomic mass is 16.5. The molecule has 0 aliphatic carbocycles.